The van der Waals surface area contributed by atoms with E-state index >= 15 is 0 Å². The van der Waals surface area contributed by atoms with Crippen LogP contribution in [0, 0.1) is 17.8 Å². The van der Waals surface area contributed by atoms with Gasteiger partial charge in [-0.1, -0.05) is 26.2 Å². The van der Waals surface area contributed by atoms with Crippen LogP contribution in [0.3, 0.4) is 0 Å². The number of carbonyl (C=O) groups excluding carboxylic acids is 1. The maximum absolute atomic E-state index is 11.9. The van der Waals surface area contributed by atoms with E-state index in [2.05, 4.69) is 17.6 Å². The van der Waals surface area contributed by atoms with Gasteiger partial charge >= 0.3 is 0 Å². The van der Waals surface area contributed by atoms with E-state index in [1.54, 1.807) is 0 Å². The molecule has 17 heavy (non-hydrogen) atoms. The van der Waals surface area contributed by atoms with E-state index in [9.17, 15) is 4.79 Å². The molecule has 2 fully saturated rings. The van der Waals surface area contributed by atoms with E-state index in [1.807, 2.05) is 0 Å². The van der Waals surface area contributed by atoms with Gasteiger partial charge in [0.1, 0.15) is 0 Å². The predicted octanol–water partition coefficient (Wildman–Crippen LogP) is 1.93. The Morgan fingerprint density at radius 1 is 1.18 bits per heavy atom. The second-order valence-corrected chi connectivity index (χ2v) is 5.73. The molecule has 1 saturated carbocycles. The topological polar surface area (TPSA) is 41.1 Å². The number of rotatable bonds is 4. The zero-order valence-corrected chi connectivity index (χ0v) is 11.0. The Kier molecular flexibility index (Phi) is 4.84. The highest BCUT2D eigenvalue weighted by Gasteiger charge is 2.24. The van der Waals surface area contributed by atoms with E-state index in [0.717, 1.165) is 37.9 Å². The molecule has 0 radical (unpaired) electrons. The average molecular weight is 238 g/mol. The Bertz CT molecular complexity index is 241. The van der Waals surface area contributed by atoms with Crippen molar-refractivity contribution in [2.24, 2.45) is 17.8 Å². The lowest BCUT2D eigenvalue weighted by atomic mass is 9.81. The molecule has 3 nitrogen and oxygen atoms in total. The van der Waals surface area contributed by atoms with Crippen molar-refractivity contribution in [3.8, 4) is 0 Å². The van der Waals surface area contributed by atoms with E-state index in [0.29, 0.717) is 0 Å². The smallest absolute Gasteiger partial charge is 0.224 e. The van der Waals surface area contributed by atoms with Crippen LogP contribution in [0.25, 0.3) is 0 Å². The van der Waals surface area contributed by atoms with Crippen LogP contribution in [-0.4, -0.2) is 25.5 Å². The molecule has 2 N–H and O–H groups in total. The summed E-state index contributed by atoms with van der Waals surface area (Å²) in [5, 5.41) is 6.39. The molecule has 1 atom stereocenters. The van der Waals surface area contributed by atoms with Crippen molar-refractivity contribution in [1.82, 2.24) is 10.6 Å². The Hall–Kier alpha value is -0.570. The van der Waals surface area contributed by atoms with Gasteiger partial charge in [-0.25, -0.2) is 0 Å². The van der Waals surface area contributed by atoms with Gasteiger partial charge < -0.3 is 10.6 Å². The highest BCUT2D eigenvalue weighted by Crippen LogP contribution is 2.30. The Morgan fingerprint density at radius 2 is 1.88 bits per heavy atom. The quantitative estimate of drug-likeness (QED) is 0.786. The minimum absolute atomic E-state index is 0.224. The third-order valence-electron chi connectivity index (χ3n) is 4.54. The average Bonchev–Trinajstić information content (AvgIpc) is 2.90. The van der Waals surface area contributed by atoms with Gasteiger partial charge in [0, 0.05) is 13.1 Å². The van der Waals surface area contributed by atoms with Crippen molar-refractivity contribution in [3.63, 3.8) is 0 Å². The fraction of sp³-hybridized carbons (Fsp3) is 0.929. The SMILES string of the molecule is CCC1CCC(CNC(=O)C2CCNC2)CC1. The fourth-order valence-corrected chi connectivity index (χ4v) is 3.11. The summed E-state index contributed by atoms with van der Waals surface area (Å²) in [5.74, 6) is 2.17. The molecule has 1 heterocycles. The van der Waals surface area contributed by atoms with Crippen LogP contribution in [0.2, 0.25) is 0 Å². The lowest BCUT2D eigenvalue weighted by Crippen LogP contribution is -2.36. The van der Waals surface area contributed by atoms with Crippen molar-refractivity contribution < 1.29 is 4.79 Å². The van der Waals surface area contributed by atoms with Crippen molar-refractivity contribution in [2.75, 3.05) is 19.6 Å². The monoisotopic (exact) mass is 238 g/mol. The molecule has 1 aliphatic carbocycles. The first-order valence-electron chi connectivity index (χ1n) is 7.28. The lowest BCUT2D eigenvalue weighted by Gasteiger charge is -2.28. The molecule has 2 aliphatic rings. The first-order valence-corrected chi connectivity index (χ1v) is 7.28. The summed E-state index contributed by atoms with van der Waals surface area (Å²) in [7, 11) is 0. The van der Waals surface area contributed by atoms with Gasteiger partial charge in [-0.05, 0) is 37.6 Å². The fourth-order valence-electron chi connectivity index (χ4n) is 3.11. The predicted molar refractivity (Wildman–Crippen MR) is 69.7 cm³/mol. The molecule has 0 aromatic rings. The molecule has 1 unspecified atom stereocenters. The second kappa shape index (κ2) is 6.39. The third kappa shape index (κ3) is 3.70. The Balaban J connectivity index is 1.63. The molecule has 0 spiro atoms. The molecule has 98 valence electrons. The zero-order chi connectivity index (χ0) is 12.1. The number of carbonyl (C=O) groups is 1. The second-order valence-electron chi connectivity index (χ2n) is 5.73. The van der Waals surface area contributed by atoms with Crippen LogP contribution >= 0.6 is 0 Å². The van der Waals surface area contributed by atoms with Crippen molar-refractivity contribution in [1.29, 1.82) is 0 Å². The van der Waals surface area contributed by atoms with Crippen LogP contribution in [0.5, 0.6) is 0 Å². The van der Waals surface area contributed by atoms with Gasteiger partial charge in [0.2, 0.25) is 5.91 Å². The summed E-state index contributed by atoms with van der Waals surface area (Å²) < 4.78 is 0. The highest BCUT2D eigenvalue weighted by molar-refractivity contribution is 5.79. The normalized spacial score (nSPS) is 33.6. The standard InChI is InChI=1S/C14H26N2O/c1-2-11-3-5-12(6-4-11)9-16-14(17)13-7-8-15-10-13/h11-13,15H,2-10H2,1H3,(H,16,17). The van der Waals surface area contributed by atoms with E-state index < -0.39 is 0 Å². The summed E-state index contributed by atoms with van der Waals surface area (Å²) in [6.07, 6.45) is 7.68. The van der Waals surface area contributed by atoms with E-state index in [1.165, 1.54) is 32.1 Å². The first kappa shape index (κ1) is 12.9. The molecule has 1 amide bonds. The molecule has 0 aromatic heterocycles. The Morgan fingerprint density at radius 3 is 2.47 bits per heavy atom. The van der Waals surface area contributed by atoms with E-state index in [-0.39, 0.29) is 11.8 Å². The minimum Gasteiger partial charge on any atom is -0.356 e. The molecule has 3 heteroatoms. The number of amides is 1. The lowest BCUT2D eigenvalue weighted by molar-refractivity contribution is -0.124. The van der Waals surface area contributed by atoms with Gasteiger partial charge in [-0.3, -0.25) is 4.79 Å². The third-order valence-corrected chi connectivity index (χ3v) is 4.54. The molecule has 0 bridgehead atoms. The zero-order valence-electron chi connectivity index (χ0n) is 11.0. The summed E-state index contributed by atoms with van der Waals surface area (Å²) in [6, 6.07) is 0. The largest absolute Gasteiger partial charge is 0.356 e. The van der Waals surface area contributed by atoms with Gasteiger partial charge in [0.05, 0.1) is 5.92 Å². The van der Waals surface area contributed by atoms with Crippen LogP contribution in [0.1, 0.15) is 45.4 Å². The number of hydrogen-bond acceptors (Lipinski definition) is 2. The molecular weight excluding hydrogens is 212 g/mol. The van der Waals surface area contributed by atoms with Crippen LogP contribution < -0.4 is 10.6 Å². The molecule has 2 rings (SSSR count). The number of hydrogen-bond donors (Lipinski definition) is 2. The summed E-state index contributed by atoms with van der Waals surface area (Å²) >= 11 is 0. The minimum atomic E-state index is 0.224. The van der Waals surface area contributed by atoms with Crippen molar-refractivity contribution >= 4 is 5.91 Å². The molecule has 0 aromatic carbocycles. The van der Waals surface area contributed by atoms with Gasteiger partial charge in [0.15, 0.2) is 0 Å². The van der Waals surface area contributed by atoms with E-state index in [4.69, 9.17) is 0 Å². The highest BCUT2D eigenvalue weighted by atomic mass is 16.1. The van der Waals surface area contributed by atoms with Gasteiger partial charge in [-0.2, -0.15) is 0 Å². The maximum atomic E-state index is 11.9. The van der Waals surface area contributed by atoms with Crippen LogP contribution in [0.4, 0.5) is 0 Å². The van der Waals surface area contributed by atoms with Crippen LogP contribution in [0.15, 0.2) is 0 Å². The maximum Gasteiger partial charge on any atom is 0.224 e. The molecular formula is C14H26N2O. The van der Waals surface area contributed by atoms with Crippen molar-refractivity contribution in [3.05, 3.63) is 0 Å². The summed E-state index contributed by atoms with van der Waals surface area (Å²) in [5.41, 5.74) is 0. The summed E-state index contributed by atoms with van der Waals surface area (Å²) in [6.45, 7) is 5.07. The Labute approximate surface area is 105 Å². The van der Waals surface area contributed by atoms with Crippen molar-refractivity contribution in [2.45, 2.75) is 45.4 Å². The van der Waals surface area contributed by atoms with Crippen LogP contribution in [-0.2, 0) is 4.79 Å². The first-order chi connectivity index (χ1) is 8.29. The van der Waals surface area contributed by atoms with Gasteiger partial charge in [-0.15, -0.1) is 0 Å². The number of nitrogens with one attached hydrogen (secondary N) is 2. The summed E-state index contributed by atoms with van der Waals surface area (Å²) in [4.78, 5) is 11.9. The van der Waals surface area contributed by atoms with Gasteiger partial charge in [0.25, 0.3) is 0 Å². The molecule has 1 aliphatic heterocycles. The molecule has 1 saturated heterocycles.